The highest BCUT2D eigenvalue weighted by molar-refractivity contribution is 7.66. The van der Waals surface area contributed by atoms with Gasteiger partial charge in [-0.05, 0) is 6.07 Å². The average molecular weight is 593 g/mol. The highest BCUT2D eigenvalue weighted by Crippen LogP contribution is 2.66. The number of carbonyl (C=O) groups excluding carboxylic acids is 1. The summed E-state index contributed by atoms with van der Waals surface area (Å²) >= 11 is 0. The van der Waals surface area contributed by atoms with E-state index >= 15 is 0 Å². The Labute approximate surface area is 196 Å². The number of nitrogens with one attached hydrogen (secondary N) is 1. The van der Waals surface area contributed by atoms with E-state index in [0.717, 1.165) is 12.3 Å². The van der Waals surface area contributed by atoms with Crippen LogP contribution < -0.4 is 11.0 Å². The lowest BCUT2D eigenvalue weighted by atomic mass is 10.1. The van der Waals surface area contributed by atoms with Gasteiger partial charge in [-0.3, -0.25) is 13.9 Å². The zero-order valence-electron chi connectivity index (χ0n) is 17.2. The van der Waals surface area contributed by atoms with E-state index in [1.165, 1.54) is 0 Å². The van der Waals surface area contributed by atoms with Gasteiger partial charge in [0.15, 0.2) is 5.72 Å². The Hall–Kier alpha value is -1.57. The molecule has 1 saturated heterocycles. The summed E-state index contributed by atoms with van der Waals surface area (Å²) in [4.78, 5) is 62.2. The molecule has 0 spiro atoms. The number of anilines is 1. The lowest BCUT2D eigenvalue weighted by Crippen LogP contribution is -2.51. The summed E-state index contributed by atoms with van der Waals surface area (Å²) < 4.78 is 86.9. The summed E-state index contributed by atoms with van der Waals surface area (Å²) in [6.07, 6.45) is -9.82. The summed E-state index contributed by atoms with van der Waals surface area (Å²) in [6.45, 7) is -2.05. The van der Waals surface area contributed by atoms with E-state index in [9.17, 15) is 51.6 Å². The Morgan fingerprint density at radius 1 is 1.22 bits per heavy atom. The number of aliphatic hydroxyl groups excluding tert-OH is 1. The molecule has 1 amide bonds. The zero-order valence-corrected chi connectivity index (χ0v) is 19.8. The number of alkyl halides is 3. The Kier molecular flexibility index (Phi) is 9.08. The molecule has 1 aromatic rings. The van der Waals surface area contributed by atoms with Crippen LogP contribution in [0, 0.1) is 0 Å². The summed E-state index contributed by atoms with van der Waals surface area (Å²) in [5, 5.41) is 22.7. The molecule has 5 atom stereocenters. The van der Waals surface area contributed by atoms with Crippen LogP contribution in [0.25, 0.3) is 0 Å². The molecule has 1 aliphatic heterocycles. The molecule has 2 heterocycles. The number of phosphoric acid groups is 3. The predicted molar refractivity (Wildman–Crippen MR) is 104 cm³/mol. The third kappa shape index (κ3) is 8.77. The van der Waals surface area contributed by atoms with Crippen molar-refractivity contribution in [3.8, 4) is 0 Å². The number of amides is 1. The molecule has 0 bridgehead atoms. The van der Waals surface area contributed by atoms with E-state index in [0.29, 0.717) is 4.57 Å². The standard InChI is InChI=1S/C12H17F3N3O15P3/c13-12(14,15)3-8(19)16-7-1-2-18(10(21)17-7)11(22)5-30-6(9(11)20)4-31-35(26,27)33-36(28,29)32-34(23,24)25/h1-2,6,9,20,22H,3-5H2,(H,26,27)(H,28,29)(H2,23,24,25)(H,16,17,19,21). The van der Waals surface area contributed by atoms with Crippen LogP contribution in [0.15, 0.2) is 17.1 Å². The molecule has 0 saturated carbocycles. The normalized spacial score (nSPS) is 26.2. The van der Waals surface area contributed by atoms with E-state index in [1.54, 1.807) is 5.32 Å². The van der Waals surface area contributed by atoms with Crippen LogP contribution in [0.5, 0.6) is 0 Å². The van der Waals surface area contributed by atoms with Crippen molar-refractivity contribution in [1.29, 1.82) is 0 Å². The maximum atomic E-state index is 12.2. The van der Waals surface area contributed by atoms with Crippen LogP contribution in [0.4, 0.5) is 19.0 Å². The zero-order chi connectivity index (χ0) is 27.7. The minimum absolute atomic E-state index is 0.363. The number of hydrogen-bond acceptors (Lipinski definition) is 12. The highest BCUT2D eigenvalue weighted by atomic mass is 31.3. The molecule has 1 aromatic heterocycles. The van der Waals surface area contributed by atoms with E-state index in [1.807, 2.05) is 0 Å². The first-order valence-corrected chi connectivity index (χ1v) is 13.4. The number of aromatic nitrogens is 2. The fourth-order valence-corrected chi connectivity index (χ4v) is 5.69. The molecular formula is C12H17F3N3O15P3. The van der Waals surface area contributed by atoms with Gasteiger partial charge in [0.25, 0.3) is 0 Å². The first-order valence-electron chi connectivity index (χ1n) is 8.90. The Morgan fingerprint density at radius 2 is 1.83 bits per heavy atom. The van der Waals surface area contributed by atoms with Gasteiger partial charge in [-0.15, -0.1) is 0 Å². The SMILES string of the molecule is O=C(CC(F)(F)F)Nc1ccn(C2(O)COC(COP(=O)(O)OP(=O)(O)OP(=O)(O)O)C2O)c(=O)n1. The smallest absolute Gasteiger partial charge is 0.385 e. The van der Waals surface area contributed by atoms with Crippen molar-refractivity contribution in [1.82, 2.24) is 9.55 Å². The first-order chi connectivity index (χ1) is 16.1. The Bertz CT molecular complexity index is 1190. The number of carbonyl (C=O) groups is 1. The van der Waals surface area contributed by atoms with Crippen molar-refractivity contribution in [2.24, 2.45) is 0 Å². The topological polar surface area (TPSA) is 273 Å². The second-order valence-corrected chi connectivity index (χ2v) is 11.3. The molecule has 206 valence electrons. The molecule has 0 aromatic carbocycles. The van der Waals surface area contributed by atoms with Crippen molar-refractivity contribution < 1.29 is 79.3 Å². The van der Waals surface area contributed by atoms with Gasteiger partial charge in [0, 0.05) is 6.20 Å². The van der Waals surface area contributed by atoms with Gasteiger partial charge in [0.05, 0.1) is 13.2 Å². The summed E-state index contributed by atoms with van der Waals surface area (Å²) in [6, 6.07) is 0.805. The lowest BCUT2D eigenvalue weighted by molar-refractivity contribution is -0.150. The van der Waals surface area contributed by atoms with E-state index in [2.05, 4.69) is 18.1 Å². The molecule has 7 N–H and O–H groups in total. The second kappa shape index (κ2) is 10.7. The molecule has 5 unspecified atom stereocenters. The van der Waals surface area contributed by atoms with Gasteiger partial charge in [-0.25, -0.2) is 18.5 Å². The molecule has 0 radical (unpaired) electrons. The number of nitrogens with zero attached hydrogens (tertiary/aromatic N) is 2. The number of aliphatic hydroxyl groups is 2. The van der Waals surface area contributed by atoms with Gasteiger partial charge in [-0.2, -0.15) is 26.8 Å². The second-order valence-electron chi connectivity index (χ2n) is 6.87. The molecule has 36 heavy (non-hydrogen) atoms. The van der Waals surface area contributed by atoms with Crippen LogP contribution in [0.3, 0.4) is 0 Å². The average Bonchev–Trinajstić information content (AvgIpc) is 2.90. The van der Waals surface area contributed by atoms with Crippen molar-refractivity contribution in [2.45, 2.75) is 30.5 Å². The van der Waals surface area contributed by atoms with Crippen LogP contribution in [-0.2, 0) is 42.1 Å². The maximum absolute atomic E-state index is 12.2. The van der Waals surface area contributed by atoms with Gasteiger partial charge in [-0.1, -0.05) is 0 Å². The van der Waals surface area contributed by atoms with Gasteiger partial charge >= 0.3 is 35.3 Å². The number of hydrogen-bond donors (Lipinski definition) is 7. The van der Waals surface area contributed by atoms with Crippen LogP contribution in [-0.4, -0.2) is 76.8 Å². The van der Waals surface area contributed by atoms with Crippen LogP contribution in [0.2, 0.25) is 0 Å². The van der Waals surface area contributed by atoms with E-state index in [4.69, 9.17) is 19.4 Å². The molecule has 1 aliphatic rings. The third-order valence-electron chi connectivity index (χ3n) is 4.00. The van der Waals surface area contributed by atoms with Gasteiger partial charge in [0.2, 0.25) is 5.91 Å². The number of ether oxygens (including phenoxy) is 1. The van der Waals surface area contributed by atoms with E-state index < -0.39 is 84.6 Å². The maximum Gasteiger partial charge on any atom is 0.490 e. The summed E-state index contributed by atoms with van der Waals surface area (Å²) in [5.41, 5.74) is -4.00. The molecule has 0 aliphatic carbocycles. The Morgan fingerprint density at radius 3 is 2.36 bits per heavy atom. The Balaban J connectivity index is 2.07. The first kappa shape index (κ1) is 30.7. The van der Waals surface area contributed by atoms with Crippen LogP contribution >= 0.6 is 23.5 Å². The van der Waals surface area contributed by atoms with E-state index in [-0.39, 0.29) is 0 Å². The third-order valence-corrected chi connectivity index (χ3v) is 7.81. The van der Waals surface area contributed by atoms with Crippen molar-refractivity contribution in [2.75, 3.05) is 18.5 Å². The largest absolute Gasteiger partial charge is 0.490 e. The highest BCUT2D eigenvalue weighted by Gasteiger charge is 2.51. The minimum Gasteiger partial charge on any atom is -0.385 e. The number of phosphoric ester groups is 1. The predicted octanol–water partition coefficient (Wildman–Crippen LogP) is -1.12. The molecule has 1 fully saturated rings. The number of halogens is 3. The molecular weight excluding hydrogens is 576 g/mol. The summed E-state index contributed by atoms with van der Waals surface area (Å²) in [7, 11) is -17.0. The molecule has 2 rings (SSSR count). The quantitative estimate of drug-likeness (QED) is 0.158. The summed E-state index contributed by atoms with van der Waals surface area (Å²) in [5.74, 6) is -2.16. The fraction of sp³-hybridized carbons (Fsp3) is 0.583. The molecule has 24 heteroatoms. The van der Waals surface area contributed by atoms with Crippen molar-refractivity contribution >= 4 is 35.2 Å². The minimum atomic E-state index is -5.82. The number of rotatable bonds is 10. The van der Waals surface area contributed by atoms with Crippen molar-refractivity contribution in [3.63, 3.8) is 0 Å². The van der Waals surface area contributed by atoms with Gasteiger partial charge < -0.3 is 39.8 Å². The van der Waals surface area contributed by atoms with Crippen molar-refractivity contribution in [3.05, 3.63) is 22.7 Å². The molecule has 18 nitrogen and oxygen atoms in total. The van der Waals surface area contributed by atoms with Crippen LogP contribution in [0.1, 0.15) is 6.42 Å². The monoisotopic (exact) mass is 593 g/mol. The lowest BCUT2D eigenvalue weighted by Gasteiger charge is -2.28. The van der Waals surface area contributed by atoms with Gasteiger partial charge in [0.1, 0.15) is 24.4 Å². The fourth-order valence-electron chi connectivity index (χ4n) is 2.66.